The minimum Gasteiger partial charge on any atom is -0.481 e. The quantitative estimate of drug-likeness (QED) is 0.220. The minimum atomic E-state index is -3.09. The lowest BCUT2D eigenvalue weighted by Crippen LogP contribution is -2.34. The fourth-order valence-electron chi connectivity index (χ4n) is 3.92. The Morgan fingerprint density at radius 3 is 2.64 bits per heavy atom. The van der Waals surface area contributed by atoms with E-state index in [9.17, 15) is 23.8 Å². The highest BCUT2D eigenvalue weighted by molar-refractivity contribution is 7.09. The van der Waals surface area contributed by atoms with E-state index >= 15 is 0 Å². The summed E-state index contributed by atoms with van der Waals surface area (Å²) >= 11 is 0. The Balaban J connectivity index is 2.58. The van der Waals surface area contributed by atoms with Crippen LogP contribution in [0.1, 0.15) is 71.1 Å². The van der Waals surface area contributed by atoms with Crippen molar-refractivity contribution in [3.8, 4) is 0 Å². The first-order valence-corrected chi connectivity index (χ1v) is 10.7. The minimum absolute atomic E-state index is 0.0303. The van der Waals surface area contributed by atoms with Gasteiger partial charge in [0.2, 0.25) is 0 Å². The zero-order valence-electron chi connectivity index (χ0n) is 16.6. The van der Waals surface area contributed by atoms with Gasteiger partial charge in [0, 0.05) is 28.7 Å². The number of carbonyl (C=O) groups is 1. The molecule has 3 N–H and O–H groups in total. The van der Waals surface area contributed by atoms with Crippen LogP contribution in [0.5, 0.6) is 0 Å². The van der Waals surface area contributed by atoms with Gasteiger partial charge in [-0.05, 0) is 50.4 Å². The van der Waals surface area contributed by atoms with Crippen LogP contribution in [0.15, 0.2) is 12.2 Å². The lowest BCUT2D eigenvalue weighted by atomic mass is 9.85. The number of hydrogen-bond acceptors (Lipinski definition) is 4. The molecule has 1 saturated carbocycles. The molecule has 5 nitrogen and oxygen atoms in total. The highest BCUT2D eigenvalue weighted by Gasteiger charge is 2.44. The van der Waals surface area contributed by atoms with Gasteiger partial charge >= 0.3 is 5.97 Å². The fourth-order valence-corrected chi connectivity index (χ4v) is 4.23. The van der Waals surface area contributed by atoms with Crippen LogP contribution in [0, 0.1) is 11.8 Å². The predicted octanol–water partition coefficient (Wildman–Crippen LogP) is 4.33. The number of aliphatic hydroxyl groups is 2. The number of alkyl halides is 2. The molecule has 0 spiro atoms. The zero-order valence-corrected chi connectivity index (χ0v) is 17.8. The van der Waals surface area contributed by atoms with Crippen molar-refractivity contribution in [2.24, 2.45) is 11.8 Å². The highest BCUT2D eigenvalue weighted by Crippen LogP contribution is 2.41. The third-order valence-electron chi connectivity index (χ3n) is 5.63. The van der Waals surface area contributed by atoms with E-state index in [2.05, 4.69) is 9.47 Å². The summed E-state index contributed by atoms with van der Waals surface area (Å²) in [6.07, 6.45) is 4.66. The van der Waals surface area contributed by atoms with Gasteiger partial charge in [0.25, 0.3) is 5.92 Å². The molecule has 1 aliphatic rings. The molecule has 164 valence electrons. The maximum atomic E-state index is 14.0. The van der Waals surface area contributed by atoms with Crippen molar-refractivity contribution in [1.82, 2.24) is 0 Å². The van der Waals surface area contributed by atoms with Crippen LogP contribution >= 0.6 is 9.47 Å². The third-order valence-corrected chi connectivity index (χ3v) is 5.98. The first-order chi connectivity index (χ1) is 13.2. The van der Waals surface area contributed by atoms with E-state index in [1.54, 1.807) is 0 Å². The normalized spacial score (nSPS) is 26.8. The smallest absolute Gasteiger partial charge is 0.303 e. The molecule has 0 saturated heterocycles. The lowest BCUT2D eigenvalue weighted by molar-refractivity contribution is -0.137. The Hall–Kier alpha value is -0.620. The molecule has 1 rings (SSSR count). The molecule has 0 aromatic carbocycles. The molecule has 6 atom stereocenters. The van der Waals surface area contributed by atoms with Gasteiger partial charge in [-0.25, -0.2) is 8.78 Å². The second-order valence-corrected chi connectivity index (χ2v) is 8.03. The molecule has 1 aliphatic carbocycles. The van der Waals surface area contributed by atoms with E-state index in [1.807, 2.05) is 19.1 Å². The molecule has 8 heteroatoms. The van der Waals surface area contributed by atoms with E-state index in [0.717, 1.165) is 0 Å². The second-order valence-electron chi connectivity index (χ2n) is 7.76. The molecule has 6 unspecified atom stereocenters. The highest BCUT2D eigenvalue weighted by atomic mass is 31.0. The van der Waals surface area contributed by atoms with Crippen LogP contribution in [0.2, 0.25) is 0 Å². The van der Waals surface area contributed by atoms with Crippen molar-refractivity contribution < 1.29 is 33.4 Å². The summed E-state index contributed by atoms with van der Waals surface area (Å²) in [5.41, 5.74) is 0. The summed E-state index contributed by atoms with van der Waals surface area (Å²) in [5, 5.41) is 29.0. The standard InChI is InChI=1S/C20H35F2O5P/c1-2-3-12-20(21,22)18(24)11-10-15-14(16(23)13-17(15)27-28)8-6-4-5-7-9-19(25)26/h4,6,14-18,23-24H,2-3,5,7-13,28H2,1H3,(H,25,26)/b6-4+. The first-order valence-electron chi connectivity index (χ1n) is 10.2. The molecule has 0 aliphatic heterocycles. The maximum Gasteiger partial charge on any atom is 0.303 e. The van der Waals surface area contributed by atoms with E-state index < -0.39 is 24.1 Å². The van der Waals surface area contributed by atoms with Crippen LogP contribution < -0.4 is 0 Å². The van der Waals surface area contributed by atoms with E-state index in [-0.39, 0.29) is 37.2 Å². The average Bonchev–Trinajstić information content (AvgIpc) is 2.95. The van der Waals surface area contributed by atoms with Gasteiger partial charge in [0.1, 0.15) is 6.10 Å². The number of rotatable bonds is 14. The molecule has 0 aromatic rings. The lowest BCUT2D eigenvalue weighted by Gasteiger charge is -2.27. The zero-order chi connectivity index (χ0) is 21.2. The summed E-state index contributed by atoms with van der Waals surface area (Å²) in [5.74, 6) is -4.16. The summed E-state index contributed by atoms with van der Waals surface area (Å²) < 4.78 is 33.4. The Bertz CT molecular complexity index is 489. The predicted molar refractivity (Wildman–Crippen MR) is 107 cm³/mol. The van der Waals surface area contributed by atoms with Gasteiger partial charge in [-0.2, -0.15) is 0 Å². The van der Waals surface area contributed by atoms with Crippen molar-refractivity contribution in [2.45, 2.75) is 95.4 Å². The largest absolute Gasteiger partial charge is 0.481 e. The Labute approximate surface area is 168 Å². The topological polar surface area (TPSA) is 87.0 Å². The number of allylic oxidation sites excluding steroid dienone is 2. The number of carboxylic acid groups (broad SMARTS) is 1. The van der Waals surface area contributed by atoms with Gasteiger partial charge in [-0.15, -0.1) is 0 Å². The van der Waals surface area contributed by atoms with Gasteiger partial charge in [-0.1, -0.05) is 25.5 Å². The van der Waals surface area contributed by atoms with Crippen molar-refractivity contribution in [2.75, 3.05) is 0 Å². The van der Waals surface area contributed by atoms with Crippen LogP contribution in [0.25, 0.3) is 0 Å². The monoisotopic (exact) mass is 424 g/mol. The Morgan fingerprint density at radius 2 is 2.04 bits per heavy atom. The maximum absolute atomic E-state index is 14.0. The number of unbranched alkanes of at least 4 members (excludes halogenated alkanes) is 2. The molecule has 0 radical (unpaired) electrons. The third kappa shape index (κ3) is 8.40. The number of carboxylic acids is 1. The Morgan fingerprint density at radius 1 is 1.32 bits per heavy atom. The van der Waals surface area contributed by atoms with Crippen molar-refractivity contribution in [3.05, 3.63) is 12.2 Å². The van der Waals surface area contributed by atoms with Gasteiger partial charge < -0.3 is 19.8 Å². The first kappa shape index (κ1) is 25.4. The number of aliphatic carboxylic acids is 1. The SMILES string of the molecule is CCCCC(F)(F)C(O)CCC1C(OP)CC(O)C1C/C=C/CCCC(=O)O. The molecule has 1 fully saturated rings. The molecular weight excluding hydrogens is 389 g/mol. The van der Waals surface area contributed by atoms with E-state index in [1.165, 1.54) is 0 Å². The van der Waals surface area contributed by atoms with Crippen LogP contribution in [0.4, 0.5) is 8.78 Å². The number of aliphatic hydroxyl groups excluding tert-OH is 2. The summed E-state index contributed by atoms with van der Waals surface area (Å²) in [4.78, 5) is 10.5. The molecule has 0 aromatic heterocycles. The van der Waals surface area contributed by atoms with Crippen LogP contribution in [-0.2, 0) is 9.32 Å². The fraction of sp³-hybridized carbons (Fsp3) is 0.850. The van der Waals surface area contributed by atoms with Crippen molar-refractivity contribution in [3.63, 3.8) is 0 Å². The number of halogens is 2. The molecule has 0 heterocycles. The van der Waals surface area contributed by atoms with Crippen LogP contribution in [-0.4, -0.2) is 45.5 Å². The van der Waals surface area contributed by atoms with E-state index in [0.29, 0.717) is 44.9 Å². The van der Waals surface area contributed by atoms with Gasteiger partial charge in [0.15, 0.2) is 0 Å². The summed E-state index contributed by atoms with van der Waals surface area (Å²) in [7, 11) is 2.19. The summed E-state index contributed by atoms with van der Waals surface area (Å²) in [6.45, 7) is 1.84. The molecule has 0 bridgehead atoms. The second kappa shape index (κ2) is 12.8. The summed E-state index contributed by atoms with van der Waals surface area (Å²) in [6, 6.07) is 0. The van der Waals surface area contributed by atoms with Crippen LogP contribution in [0.3, 0.4) is 0 Å². The van der Waals surface area contributed by atoms with Gasteiger partial charge in [0.05, 0.1) is 12.2 Å². The molecule has 28 heavy (non-hydrogen) atoms. The van der Waals surface area contributed by atoms with Gasteiger partial charge in [-0.3, -0.25) is 4.79 Å². The van der Waals surface area contributed by atoms with E-state index in [4.69, 9.17) is 9.63 Å². The van der Waals surface area contributed by atoms with Crippen molar-refractivity contribution in [1.29, 1.82) is 0 Å². The number of hydrogen-bond donors (Lipinski definition) is 3. The Kier molecular flexibility index (Phi) is 11.7. The molecular formula is C20H35F2O5P. The van der Waals surface area contributed by atoms with Crippen molar-refractivity contribution >= 4 is 15.4 Å². The molecule has 0 amide bonds. The average molecular weight is 424 g/mol.